The summed E-state index contributed by atoms with van der Waals surface area (Å²) < 4.78 is 22.3. The van der Waals surface area contributed by atoms with Crippen LogP contribution in [0.2, 0.25) is 0 Å². The topological polar surface area (TPSA) is 61.6 Å². The highest BCUT2D eigenvalue weighted by atomic mass is 35.5. The predicted octanol–water partition coefficient (Wildman–Crippen LogP) is 2.01. The van der Waals surface area contributed by atoms with Gasteiger partial charge < -0.3 is 15.2 Å². The second-order valence-electron chi connectivity index (χ2n) is 3.26. The van der Waals surface area contributed by atoms with Crippen molar-refractivity contribution in [1.82, 2.24) is 0 Å². The van der Waals surface area contributed by atoms with Crippen LogP contribution in [0.3, 0.4) is 0 Å². The molecule has 0 unspecified atom stereocenters. The van der Waals surface area contributed by atoms with Crippen molar-refractivity contribution in [1.29, 1.82) is 0 Å². The lowest BCUT2D eigenvalue weighted by molar-refractivity contribution is -0.132. The Kier molecular flexibility index (Phi) is 6.53. The highest BCUT2D eigenvalue weighted by Gasteiger charge is 2.11. The highest BCUT2D eigenvalue weighted by molar-refractivity contribution is 5.85. The molecule has 1 rings (SSSR count). The van der Waals surface area contributed by atoms with Crippen molar-refractivity contribution >= 4 is 18.4 Å². The number of nitrogens with two attached hydrogens (primary N) is 1. The van der Waals surface area contributed by atoms with E-state index in [1.54, 1.807) is 12.1 Å². The average molecular weight is 264 g/mol. The summed E-state index contributed by atoms with van der Waals surface area (Å²) in [7, 11) is 1.44. The van der Waals surface area contributed by atoms with Gasteiger partial charge in [0.1, 0.15) is 6.67 Å². The number of esters is 1. The Morgan fingerprint density at radius 1 is 1.47 bits per heavy atom. The van der Waals surface area contributed by atoms with Gasteiger partial charge in [0.2, 0.25) is 0 Å². The van der Waals surface area contributed by atoms with Crippen LogP contribution >= 0.6 is 12.4 Å². The minimum absolute atomic E-state index is 0. The molecule has 0 amide bonds. The Bertz CT molecular complexity index is 387. The molecular formula is C11H15ClFNO3. The van der Waals surface area contributed by atoms with E-state index in [-0.39, 0.29) is 12.4 Å². The van der Waals surface area contributed by atoms with E-state index < -0.39 is 18.7 Å². The van der Waals surface area contributed by atoms with E-state index in [0.29, 0.717) is 17.1 Å². The highest BCUT2D eigenvalue weighted by Crippen LogP contribution is 2.30. The molecule has 1 aromatic carbocycles. The van der Waals surface area contributed by atoms with Crippen LogP contribution in [0.25, 0.3) is 0 Å². The zero-order valence-corrected chi connectivity index (χ0v) is 10.4. The zero-order valence-electron chi connectivity index (χ0n) is 9.60. The number of carbonyl (C=O) groups excluding carboxylic acids is 1. The molecule has 0 fully saturated rings. The first-order valence-corrected chi connectivity index (χ1v) is 4.76. The third-order valence-corrected chi connectivity index (χ3v) is 2.04. The smallest absolute Gasteiger partial charge is 0.308 e. The second kappa shape index (κ2) is 7.09. The summed E-state index contributed by atoms with van der Waals surface area (Å²) in [5, 5.41) is 0. The third-order valence-electron chi connectivity index (χ3n) is 2.04. The molecule has 1 atom stereocenters. The van der Waals surface area contributed by atoms with Gasteiger partial charge in [0.25, 0.3) is 0 Å². The number of carbonyl (C=O) groups is 1. The molecule has 17 heavy (non-hydrogen) atoms. The van der Waals surface area contributed by atoms with Crippen LogP contribution < -0.4 is 15.2 Å². The van der Waals surface area contributed by atoms with Crippen molar-refractivity contribution < 1.29 is 18.7 Å². The molecule has 0 saturated carbocycles. The van der Waals surface area contributed by atoms with E-state index in [4.69, 9.17) is 15.2 Å². The van der Waals surface area contributed by atoms with Crippen molar-refractivity contribution in [3.8, 4) is 11.5 Å². The fourth-order valence-corrected chi connectivity index (χ4v) is 1.24. The molecular weight excluding hydrogens is 249 g/mol. The fraction of sp³-hybridized carbons (Fsp3) is 0.364. The molecule has 2 N–H and O–H groups in total. The number of halogens is 2. The number of methoxy groups -OCH3 is 1. The van der Waals surface area contributed by atoms with Crippen LogP contribution in [-0.2, 0) is 4.79 Å². The van der Waals surface area contributed by atoms with Gasteiger partial charge >= 0.3 is 5.97 Å². The predicted molar refractivity (Wildman–Crippen MR) is 64.5 cm³/mol. The van der Waals surface area contributed by atoms with Crippen molar-refractivity contribution in [2.45, 2.75) is 13.0 Å². The van der Waals surface area contributed by atoms with Gasteiger partial charge in [0, 0.05) is 6.92 Å². The summed E-state index contributed by atoms with van der Waals surface area (Å²) in [6.45, 7) is 0.636. The summed E-state index contributed by atoms with van der Waals surface area (Å²) in [6, 6.07) is 4.00. The molecule has 0 aromatic heterocycles. The van der Waals surface area contributed by atoms with Gasteiger partial charge in [0.15, 0.2) is 11.5 Å². The van der Waals surface area contributed by atoms with Crippen LogP contribution in [0, 0.1) is 0 Å². The maximum Gasteiger partial charge on any atom is 0.308 e. The van der Waals surface area contributed by atoms with Gasteiger partial charge in [-0.3, -0.25) is 4.79 Å². The van der Waals surface area contributed by atoms with Crippen LogP contribution in [0.15, 0.2) is 18.2 Å². The second-order valence-corrected chi connectivity index (χ2v) is 3.26. The molecule has 6 heteroatoms. The van der Waals surface area contributed by atoms with Gasteiger partial charge in [-0.25, -0.2) is 4.39 Å². The van der Waals surface area contributed by atoms with Gasteiger partial charge in [-0.15, -0.1) is 12.4 Å². The van der Waals surface area contributed by atoms with Crippen molar-refractivity contribution in [2.24, 2.45) is 5.73 Å². The summed E-state index contributed by atoms with van der Waals surface area (Å²) >= 11 is 0. The zero-order chi connectivity index (χ0) is 12.1. The number of hydrogen-bond acceptors (Lipinski definition) is 4. The largest absolute Gasteiger partial charge is 0.493 e. The Balaban J connectivity index is 0.00000256. The van der Waals surface area contributed by atoms with Crippen LogP contribution in [0.1, 0.15) is 18.5 Å². The van der Waals surface area contributed by atoms with E-state index >= 15 is 0 Å². The first kappa shape index (κ1) is 15.7. The maximum atomic E-state index is 12.4. The standard InChI is InChI=1S/C11H14FNO3.ClH/c1-7(14)16-10-4-3-8(9(13)6-12)5-11(10)15-2;/h3-5,9H,6,13H2,1-2H3;1H/t9-;/m0./s1. The van der Waals surface area contributed by atoms with Gasteiger partial charge in [0.05, 0.1) is 13.2 Å². The molecule has 0 aliphatic carbocycles. The maximum absolute atomic E-state index is 12.4. The van der Waals surface area contributed by atoms with Crippen LogP contribution in [0.5, 0.6) is 11.5 Å². The molecule has 0 aliphatic heterocycles. The summed E-state index contributed by atoms with van der Waals surface area (Å²) in [4.78, 5) is 10.8. The molecule has 0 heterocycles. The molecule has 0 radical (unpaired) electrons. The number of alkyl halides is 1. The van der Waals surface area contributed by atoms with E-state index in [1.165, 1.54) is 20.1 Å². The molecule has 4 nitrogen and oxygen atoms in total. The van der Waals surface area contributed by atoms with Gasteiger partial charge in [-0.05, 0) is 17.7 Å². The fourth-order valence-electron chi connectivity index (χ4n) is 1.24. The van der Waals surface area contributed by atoms with Crippen molar-refractivity contribution in [3.05, 3.63) is 23.8 Å². The normalized spacial score (nSPS) is 11.3. The van der Waals surface area contributed by atoms with Gasteiger partial charge in [-0.2, -0.15) is 0 Å². The van der Waals surface area contributed by atoms with E-state index in [0.717, 1.165) is 0 Å². The molecule has 0 aliphatic rings. The number of ether oxygens (including phenoxy) is 2. The molecule has 0 spiro atoms. The molecule has 1 aromatic rings. The summed E-state index contributed by atoms with van der Waals surface area (Å²) in [5.74, 6) is 0.210. The number of rotatable bonds is 4. The van der Waals surface area contributed by atoms with Crippen molar-refractivity contribution in [2.75, 3.05) is 13.8 Å². The van der Waals surface area contributed by atoms with Crippen molar-refractivity contribution in [3.63, 3.8) is 0 Å². The van der Waals surface area contributed by atoms with E-state index in [2.05, 4.69) is 0 Å². The summed E-state index contributed by atoms with van der Waals surface area (Å²) in [5.41, 5.74) is 6.12. The minimum Gasteiger partial charge on any atom is -0.493 e. The lowest BCUT2D eigenvalue weighted by atomic mass is 10.1. The van der Waals surface area contributed by atoms with Crippen LogP contribution in [0.4, 0.5) is 4.39 Å². The Morgan fingerprint density at radius 2 is 2.12 bits per heavy atom. The SMILES string of the molecule is COc1cc([C@@H](N)CF)ccc1OC(C)=O.Cl. The Morgan fingerprint density at radius 3 is 2.59 bits per heavy atom. The Hall–Kier alpha value is -1.33. The number of benzene rings is 1. The summed E-state index contributed by atoms with van der Waals surface area (Å²) in [6.07, 6.45) is 0. The quantitative estimate of drug-likeness (QED) is 0.667. The first-order valence-electron chi connectivity index (χ1n) is 4.76. The lowest BCUT2D eigenvalue weighted by Crippen LogP contribution is -2.12. The van der Waals surface area contributed by atoms with E-state index in [1.807, 2.05) is 0 Å². The minimum atomic E-state index is -0.694. The Labute approximate surface area is 105 Å². The van der Waals surface area contributed by atoms with Crippen LogP contribution in [-0.4, -0.2) is 19.8 Å². The lowest BCUT2D eigenvalue weighted by Gasteiger charge is -2.12. The van der Waals surface area contributed by atoms with Gasteiger partial charge in [-0.1, -0.05) is 6.07 Å². The number of hydrogen-bond donors (Lipinski definition) is 1. The third kappa shape index (κ3) is 4.20. The average Bonchev–Trinajstić information content (AvgIpc) is 2.27. The molecule has 0 saturated heterocycles. The molecule has 96 valence electrons. The van der Waals surface area contributed by atoms with E-state index in [9.17, 15) is 9.18 Å². The first-order chi connectivity index (χ1) is 7.58. The monoisotopic (exact) mass is 263 g/mol. The molecule has 0 bridgehead atoms.